The summed E-state index contributed by atoms with van der Waals surface area (Å²) in [4.78, 5) is -0.0214. The topological polar surface area (TPSA) is 85.9 Å². The van der Waals surface area contributed by atoms with E-state index in [4.69, 9.17) is 14.2 Å². The first-order valence-electron chi connectivity index (χ1n) is 8.28. The third kappa shape index (κ3) is 4.37. The second kappa shape index (κ2) is 7.80. The molecule has 0 bridgehead atoms. The van der Waals surface area contributed by atoms with Crippen molar-refractivity contribution in [2.45, 2.75) is 37.6 Å². The first-order chi connectivity index (χ1) is 11.7. The summed E-state index contributed by atoms with van der Waals surface area (Å²) in [6.45, 7) is 5.48. The van der Waals surface area contributed by atoms with Gasteiger partial charge in [-0.05, 0) is 24.8 Å². The molecule has 1 aliphatic rings. The third-order valence-corrected chi connectivity index (χ3v) is 6.23. The molecule has 0 spiro atoms. The molecule has 1 aromatic rings. The Morgan fingerprint density at radius 3 is 2.24 bits per heavy atom. The Kier molecular flexibility index (Phi) is 6.18. The second-order valence-electron chi connectivity index (χ2n) is 6.81. The molecule has 25 heavy (non-hydrogen) atoms. The fourth-order valence-corrected chi connectivity index (χ4v) is 4.47. The lowest BCUT2D eigenvalue weighted by molar-refractivity contribution is 0.181. The van der Waals surface area contributed by atoms with Crippen molar-refractivity contribution < 1.29 is 22.6 Å². The van der Waals surface area contributed by atoms with Gasteiger partial charge in [-0.15, -0.1) is 0 Å². The predicted molar refractivity (Wildman–Crippen MR) is 96.1 cm³/mol. The van der Waals surface area contributed by atoms with Crippen LogP contribution in [0.3, 0.4) is 0 Å². The zero-order valence-corrected chi connectivity index (χ0v) is 16.3. The maximum Gasteiger partial charge on any atom is 0.248 e. The highest BCUT2D eigenvalue weighted by molar-refractivity contribution is 7.89. The first-order valence-corrected chi connectivity index (χ1v) is 9.76. The van der Waals surface area contributed by atoms with Gasteiger partial charge < -0.3 is 19.5 Å². The van der Waals surface area contributed by atoms with E-state index in [0.717, 1.165) is 19.4 Å². The third-order valence-electron chi connectivity index (χ3n) is 4.75. The van der Waals surface area contributed by atoms with Crippen LogP contribution in [0.25, 0.3) is 0 Å². The number of ether oxygens (including phenoxy) is 3. The summed E-state index contributed by atoms with van der Waals surface area (Å²) < 4.78 is 44.2. The van der Waals surface area contributed by atoms with Crippen molar-refractivity contribution in [3.05, 3.63) is 12.1 Å². The van der Waals surface area contributed by atoms with Crippen molar-refractivity contribution in [3.8, 4) is 17.2 Å². The molecule has 1 saturated heterocycles. The summed E-state index contributed by atoms with van der Waals surface area (Å²) in [7, 11) is 0.513. The van der Waals surface area contributed by atoms with Crippen LogP contribution in [0, 0.1) is 5.41 Å². The zero-order valence-electron chi connectivity index (χ0n) is 15.5. The van der Waals surface area contributed by atoms with E-state index in [9.17, 15) is 8.42 Å². The summed E-state index contributed by atoms with van der Waals surface area (Å²) in [6.07, 6.45) is 2.15. The Morgan fingerprint density at radius 1 is 1.16 bits per heavy atom. The first kappa shape index (κ1) is 19.8. The lowest BCUT2D eigenvalue weighted by atomic mass is 9.78. The monoisotopic (exact) mass is 372 g/mol. The average molecular weight is 372 g/mol. The van der Waals surface area contributed by atoms with Crippen LogP contribution in [0.1, 0.15) is 26.7 Å². The fourth-order valence-electron chi connectivity index (χ4n) is 3.12. The second-order valence-corrected chi connectivity index (χ2v) is 8.52. The van der Waals surface area contributed by atoms with Crippen molar-refractivity contribution in [1.82, 2.24) is 10.0 Å². The highest BCUT2D eigenvalue weighted by Crippen LogP contribution is 2.37. The Labute approximate surface area is 150 Å². The van der Waals surface area contributed by atoms with Crippen molar-refractivity contribution in [3.63, 3.8) is 0 Å². The van der Waals surface area contributed by atoms with Gasteiger partial charge in [-0.25, -0.2) is 13.1 Å². The lowest BCUT2D eigenvalue weighted by Crippen LogP contribution is -2.52. The Balaban J connectivity index is 2.30. The van der Waals surface area contributed by atoms with Gasteiger partial charge in [0, 0.05) is 24.7 Å². The Bertz CT molecular complexity index is 678. The minimum Gasteiger partial charge on any atom is -0.496 e. The molecule has 7 nitrogen and oxygen atoms in total. The van der Waals surface area contributed by atoms with Crippen LogP contribution in [0.15, 0.2) is 17.0 Å². The van der Waals surface area contributed by atoms with Crippen molar-refractivity contribution in [1.29, 1.82) is 0 Å². The molecule has 1 heterocycles. The van der Waals surface area contributed by atoms with Crippen LogP contribution in [0.5, 0.6) is 17.2 Å². The summed E-state index contributed by atoms with van der Waals surface area (Å²) in [5.41, 5.74) is 0.0227. The average Bonchev–Trinajstić information content (AvgIpc) is 2.58. The van der Waals surface area contributed by atoms with Gasteiger partial charge in [0.05, 0.1) is 21.3 Å². The van der Waals surface area contributed by atoms with E-state index in [1.807, 2.05) is 0 Å². The van der Waals surface area contributed by atoms with E-state index in [1.165, 1.54) is 33.5 Å². The minimum absolute atomic E-state index is 0.0214. The van der Waals surface area contributed by atoms with Crippen LogP contribution in [0.4, 0.5) is 0 Å². The van der Waals surface area contributed by atoms with Crippen LogP contribution in [-0.2, 0) is 10.0 Å². The van der Waals surface area contributed by atoms with E-state index < -0.39 is 10.0 Å². The van der Waals surface area contributed by atoms with Gasteiger partial charge in [0.25, 0.3) is 0 Å². The minimum atomic E-state index is -3.82. The van der Waals surface area contributed by atoms with Crippen LogP contribution in [-0.4, -0.2) is 48.9 Å². The molecule has 1 aliphatic heterocycles. The van der Waals surface area contributed by atoms with Crippen molar-refractivity contribution in [2.24, 2.45) is 5.41 Å². The quantitative estimate of drug-likeness (QED) is 0.759. The van der Waals surface area contributed by atoms with Crippen LogP contribution in [0.2, 0.25) is 0 Å². The Morgan fingerprint density at radius 2 is 1.76 bits per heavy atom. The van der Waals surface area contributed by atoms with E-state index in [2.05, 4.69) is 23.9 Å². The largest absolute Gasteiger partial charge is 0.496 e. The lowest BCUT2D eigenvalue weighted by Gasteiger charge is -2.39. The Hall–Kier alpha value is -1.51. The molecular weight excluding hydrogens is 344 g/mol. The van der Waals surface area contributed by atoms with E-state index in [1.54, 1.807) is 0 Å². The number of hydrogen-bond donors (Lipinski definition) is 2. The summed E-state index contributed by atoms with van der Waals surface area (Å²) in [5.74, 6) is 0.821. The van der Waals surface area contributed by atoms with E-state index in [0.29, 0.717) is 12.3 Å². The van der Waals surface area contributed by atoms with E-state index in [-0.39, 0.29) is 27.9 Å². The molecule has 1 aromatic carbocycles. The molecule has 2 N–H and O–H groups in total. The van der Waals surface area contributed by atoms with Gasteiger partial charge in [0.1, 0.15) is 17.2 Å². The molecule has 0 aromatic heterocycles. The zero-order chi connectivity index (χ0) is 18.7. The molecule has 0 aliphatic carbocycles. The normalized spacial score (nSPS) is 20.1. The van der Waals surface area contributed by atoms with Gasteiger partial charge in [-0.1, -0.05) is 13.8 Å². The van der Waals surface area contributed by atoms with Gasteiger partial charge in [0.15, 0.2) is 4.90 Å². The molecule has 0 amide bonds. The molecular formula is C17H28N2O5S. The van der Waals surface area contributed by atoms with Crippen LogP contribution >= 0.6 is 0 Å². The number of sulfonamides is 1. The summed E-state index contributed by atoms with van der Waals surface area (Å²) in [5, 5.41) is 3.40. The summed E-state index contributed by atoms with van der Waals surface area (Å²) in [6, 6.07) is 3.12. The van der Waals surface area contributed by atoms with Crippen molar-refractivity contribution in [2.75, 3.05) is 34.4 Å². The number of benzene rings is 1. The van der Waals surface area contributed by atoms with Gasteiger partial charge in [0.2, 0.25) is 10.0 Å². The molecule has 2 rings (SSSR count). The molecule has 8 heteroatoms. The number of piperidine rings is 1. The maximum atomic E-state index is 12.9. The van der Waals surface area contributed by atoms with Gasteiger partial charge >= 0.3 is 0 Å². The maximum absolute atomic E-state index is 12.9. The number of methoxy groups -OCH3 is 3. The summed E-state index contributed by atoms with van der Waals surface area (Å²) >= 11 is 0. The smallest absolute Gasteiger partial charge is 0.248 e. The molecule has 1 fully saturated rings. The fraction of sp³-hybridized carbons (Fsp3) is 0.647. The van der Waals surface area contributed by atoms with E-state index >= 15 is 0 Å². The molecule has 142 valence electrons. The van der Waals surface area contributed by atoms with Gasteiger partial charge in [-0.3, -0.25) is 0 Å². The van der Waals surface area contributed by atoms with Gasteiger partial charge in [-0.2, -0.15) is 0 Å². The molecule has 1 atom stereocenters. The van der Waals surface area contributed by atoms with Crippen molar-refractivity contribution >= 4 is 10.0 Å². The standard InChI is InChI=1S/C17H28N2O5S/c1-17(2)7-6-8-18-15(17)11-19-25(20,21)16-13(23-4)9-12(22-3)10-14(16)24-5/h9-10,15,18-19H,6-8,11H2,1-5H3. The number of nitrogens with one attached hydrogen (secondary N) is 2. The predicted octanol–water partition coefficient (Wildman–Crippen LogP) is 1.77. The number of rotatable bonds is 7. The highest BCUT2D eigenvalue weighted by Gasteiger charge is 2.34. The highest BCUT2D eigenvalue weighted by atomic mass is 32.2. The number of hydrogen-bond acceptors (Lipinski definition) is 6. The molecule has 0 radical (unpaired) electrons. The molecule has 1 unspecified atom stereocenters. The molecule has 0 saturated carbocycles. The SMILES string of the molecule is COc1cc(OC)c(S(=O)(=O)NCC2NCCCC2(C)C)c(OC)c1. The van der Waals surface area contributed by atoms with Crippen LogP contribution < -0.4 is 24.2 Å².